The minimum absolute atomic E-state index is 0.00257. The van der Waals surface area contributed by atoms with Gasteiger partial charge in [0.05, 0.1) is 31.2 Å². The number of pyridine rings is 1. The van der Waals surface area contributed by atoms with Crippen molar-refractivity contribution in [2.45, 2.75) is 44.5 Å². The standard InChI is InChI=1S/C15H17F5N3O3.C6H4F.O.Tc/c1-8-10(16)5-12(23-8)14(24)22-6-9-4-13(11(17)7-21-9)25-2-3-26-15(18,19)20;7-6-4-2-1-3-5-6;;/h4,7-8,10,12H,2-3,5-6H2,1H3,(H,22,24);2-5H;;/q2*-1;;+2/t8-,10+,12-;;;/m0.../s1. The topological polar surface area (TPSA) is 91.6 Å². The van der Waals surface area contributed by atoms with Gasteiger partial charge < -0.3 is 15.4 Å². The predicted octanol–water partition coefficient (Wildman–Crippen LogP) is 4.13. The molecule has 1 aliphatic heterocycles. The summed E-state index contributed by atoms with van der Waals surface area (Å²) in [7, 11) is 0. The first-order chi connectivity index (χ1) is 16.5. The van der Waals surface area contributed by atoms with Crippen molar-refractivity contribution < 1.29 is 63.0 Å². The minimum atomic E-state index is -4.79. The number of halogens is 6. The summed E-state index contributed by atoms with van der Waals surface area (Å²) in [6.07, 6.45) is -5.15. The van der Waals surface area contributed by atoms with E-state index in [0.717, 1.165) is 31.1 Å². The van der Waals surface area contributed by atoms with Crippen LogP contribution in [-0.4, -0.2) is 48.7 Å². The van der Waals surface area contributed by atoms with Crippen LogP contribution in [0.5, 0.6) is 5.75 Å². The molecule has 1 aliphatic rings. The molecule has 1 N–H and O–H groups in total. The summed E-state index contributed by atoms with van der Waals surface area (Å²) in [5, 5.41) is 6.49. The molecule has 0 unspecified atom stereocenters. The molecule has 3 rings (SSSR count). The van der Waals surface area contributed by atoms with Gasteiger partial charge in [-0.25, -0.2) is 13.2 Å². The molecule has 0 spiro atoms. The summed E-state index contributed by atoms with van der Waals surface area (Å²) in [6, 6.07) is 8.29. The van der Waals surface area contributed by atoms with Crippen molar-refractivity contribution in [2.24, 2.45) is 0 Å². The molecule has 0 radical (unpaired) electrons. The number of aromatic nitrogens is 1. The first-order valence-corrected chi connectivity index (χ1v) is 10.7. The third-order valence-electron chi connectivity index (χ3n) is 4.29. The van der Waals surface area contributed by atoms with E-state index in [1.165, 1.54) is 24.3 Å². The molecular formula is C21H21F6N3O4Tc. The monoisotopic (exact) mass is 590 g/mol. The van der Waals surface area contributed by atoms with E-state index >= 15 is 0 Å². The van der Waals surface area contributed by atoms with Crippen molar-refractivity contribution in [3.8, 4) is 5.75 Å². The molecule has 0 aliphatic carbocycles. The van der Waals surface area contributed by atoms with Crippen molar-refractivity contribution in [3.05, 3.63) is 65.2 Å². The molecule has 0 bridgehead atoms. The predicted molar refractivity (Wildman–Crippen MR) is 106 cm³/mol. The zero-order valence-electron chi connectivity index (χ0n) is 18.2. The Morgan fingerprint density at radius 2 is 1.91 bits per heavy atom. The van der Waals surface area contributed by atoms with Crippen LogP contribution in [0.25, 0.3) is 5.32 Å². The number of hydrogen-bond acceptors (Lipinski definition) is 5. The number of rotatable bonds is 7. The average Bonchev–Trinajstić information content (AvgIpc) is 3.16. The number of amides is 1. The molecule has 193 valence electrons. The second-order valence-corrected chi connectivity index (χ2v) is 6.84. The number of ether oxygens (including phenoxy) is 2. The fourth-order valence-electron chi connectivity index (χ4n) is 2.66. The molecular weight excluding hydrogens is 570 g/mol. The van der Waals surface area contributed by atoms with Crippen LogP contribution in [0.15, 0.2) is 36.5 Å². The third kappa shape index (κ3) is 12.2. The van der Waals surface area contributed by atoms with Gasteiger partial charge in [-0.3, -0.25) is 14.5 Å². The molecule has 3 atom stereocenters. The molecule has 1 amide bonds. The summed E-state index contributed by atoms with van der Waals surface area (Å²) >= 11 is 0.900. The number of nitrogens with zero attached hydrogens (tertiary/aromatic N) is 2. The van der Waals surface area contributed by atoms with Crippen molar-refractivity contribution in [1.29, 1.82) is 0 Å². The van der Waals surface area contributed by atoms with Crippen LogP contribution in [0.3, 0.4) is 0 Å². The van der Waals surface area contributed by atoms with Gasteiger partial charge in [0, 0.05) is 11.9 Å². The van der Waals surface area contributed by atoms with Crippen LogP contribution >= 0.6 is 0 Å². The Labute approximate surface area is 208 Å². The average molecular weight is 591 g/mol. The van der Waals surface area contributed by atoms with Crippen LogP contribution in [0.2, 0.25) is 0 Å². The molecule has 1 fully saturated rings. The van der Waals surface area contributed by atoms with Gasteiger partial charge in [0.25, 0.3) is 0 Å². The first kappa shape index (κ1) is 30.6. The molecule has 2 aromatic rings. The quantitative estimate of drug-likeness (QED) is 0.297. The van der Waals surface area contributed by atoms with Crippen LogP contribution < -0.4 is 10.1 Å². The van der Waals surface area contributed by atoms with Gasteiger partial charge in [0.15, 0.2) is 11.6 Å². The van der Waals surface area contributed by atoms with Gasteiger partial charge in [-0.1, -0.05) is 13.0 Å². The Balaban J connectivity index is 0.000000574. The van der Waals surface area contributed by atoms with Gasteiger partial charge in [-0.2, -0.15) is 18.2 Å². The number of carbonyl (C=O) groups excluding carboxylic acids is 1. The maximum absolute atomic E-state index is 13.6. The van der Waals surface area contributed by atoms with E-state index in [4.69, 9.17) is 8.24 Å². The van der Waals surface area contributed by atoms with Crippen LogP contribution in [-0.2, 0) is 38.4 Å². The van der Waals surface area contributed by atoms with Gasteiger partial charge in [0.2, 0.25) is 5.91 Å². The Bertz CT molecular complexity index is 900. The Kier molecular flexibility index (Phi) is 13.6. The van der Waals surface area contributed by atoms with E-state index in [1.807, 2.05) is 0 Å². The summed E-state index contributed by atoms with van der Waals surface area (Å²) in [6.45, 7) is 0.156. The Morgan fingerprint density at radius 1 is 1.26 bits per heavy atom. The van der Waals surface area contributed by atoms with E-state index in [2.05, 4.69) is 26.4 Å². The zero-order valence-corrected chi connectivity index (χ0v) is 20.1. The summed E-state index contributed by atoms with van der Waals surface area (Å²) < 4.78 is 91.0. The van der Waals surface area contributed by atoms with Crippen LogP contribution in [0.4, 0.5) is 26.3 Å². The molecule has 35 heavy (non-hydrogen) atoms. The fraction of sp³-hybridized carbons (Fsp3) is 0.429. The van der Waals surface area contributed by atoms with Crippen LogP contribution in [0, 0.1) is 17.7 Å². The number of hydrogen-bond donors (Lipinski definition) is 1. The molecule has 2 heterocycles. The first-order valence-electron chi connectivity index (χ1n) is 9.92. The van der Waals surface area contributed by atoms with Crippen molar-refractivity contribution in [2.75, 3.05) is 13.2 Å². The second kappa shape index (κ2) is 15.6. The molecule has 1 saturated heterocycles. The van der Waals surface area contributed by atoms with E-state index in [-0.39, 0.29) is 30.2 Å². The van der Waals surface area contributed by atoms with Crippen molar-refractivity contribution in [1.82, 2.24) is 10.3 Å². The number of carbonyl (C=O) groups is 1. The number of alkyl halides is 4. The molecule has 14 heteroatoms. The summed E-state index contributed by atoms with van der Waals surface area (Å²) in [4.78, 5) is 15.7. The van der Waals surface area contributed by atoms with Gasteiger partial charge >= 0.3 is 28.7 Å². The van der Waals surface area contributed by atoms with E-state index in [0.29, 0.717) is 0 Å². The Hall–Kier alpha value is -2.41. The second-order valence-electron chi connectivity index (χ2n) is 6.84. The molecule has 7 nitrogen and oxygen atoms in total. The Morgan fingerprint density at radius 3 is 2.43 bits per heavy atom. The van der Waals surface area contributed by atoms with Gasteiger partial charge in [-0.15, -0.1) is 31.3 Å². The fourth-order valence-corrected chi connectivity index (χ4v) is 2.66. The maximum atomic E-state index is 13.6. The molecule has 0 saturated carbocycles. The van der Waals surface area contributed by atoms with E-state index in [9.17, 15) is 31.1 Å². The molecule has 1 aromatic carbocycles. The van der Waals surface area contributed by atoms with Gasteiger partial charge in [0.1, 0.15) is 6.61 Å². The number of benzene rings is 1. The summed E-state index contributed by atoms with van der Waals surface area (Å²) in [5.74, 6) is -1.88. The van der Waals surface area contributed by atoms with Crippen LogP contribution in [0.1, 0.15) is 19.0 Å². The number of nitrogens with one attached hydrogen (secondary N) is 1. The normalized spacial score (nSPS) is 19.0. The summed E-state index contributed by atoms with van der Waals surface area (Å²) in [5.41, 5.74) is 0.217. The third-order valence-corrected chi connectivity index (χ3v) is 4.29. The van der Waals surface area contributed by atoms with Crippen molar-refractivity contribution >= 4 is 5.91 Å². The van der Waals surface area contributed by atoms with E-state index in [1.54, 1.807) is 6.92 Å². The van der Waals surface area contributed by atoms with Crippen molar-refractivity contribution in [3.63, 3.8) is 0 Å². The van der Waals surface area contributed by atoms with Gasteiger partial charge in [-0.05, 0) is 6.42 Å². The molecule has 1 aromatic heterocycles. The van der Waals surface area contributed by atoms with E-state index < -0.39 is 49.6 Å². The SMILES string of the molecule is C[C@@H]1[N-][C@H](C(=O)NCc2cc(OCCOC(F)(F)F)c(F)cn2)C[C@H]1F.Fc1cc[c-]cc1.[O]=[Tc+2]. The zero-order chi connectivity index (χ0) is 26.4.